The lowest BCUT2D eigenvalue weighted by atomic mass is 9.75. The standard InChI is InChI=1S/C18H20FNO2S.C12H18N2/c1-18(15-5-3-2-4-6-15)11-13-20(14-12-18)23(21,22)17-9-7-16(19)8-10-17;1-5-7-8-9-10-14-12(13-4)11(3)6-2/h2-10H,11-14H2,1H3;5-10,13H,2H2,1,3-4H3/b;7-5-,9-8+,12-11+,14-10-. The van der Waals surface area contributed by atoms with Crippen molar-refractivity contribution in [1.82, 2.24) is 9.62 Å². The Hall–Kier alpha value is -3.29. The molecule has 37 heavy (non-hydrogen) atoms. The first kappa shape index (κ1) is 29.9. The molecule has 1 heterocycles. The minimum absolute atomic E-state index is 0.00389. The number of hydrogen-bond acceptors (Lipinski definition) is 4. The summed E-state index contributed by atoms with van der Waals surface area (Å²) in [6, 6.07) is 15.3. The maximum Gasteiger partial charge on any atom is 0.243 e. The van der Waals surface area contributed by atoms with Gasteiger partial charge in [0.15, 0.2) is 0 Å². The summed E-state index contributed by atoms with van der Waals surface area (Å²) >= 11 is 0. The van der Waals surface area contributed by atoms with E-state index in [9.17, 15) is 12.8 Å². The Morgan fingerprint density at radius 1 is 1.05 bits per heavy atom. The Morgan fingerprint density at radius 2 is 1.68 bits per heavy atom. The van der Waals surface area contributed by atoms with Crippen molar-refractivity contribution in [3.8, 4) is 0 Å². The number of allylic oxidation sites excluding steroid dienone is 6. The minimum atomic E-state index is -3.54. The van der Waals surface area contributed by atoms with E-state index in [1.165, 1.54) is 34.1 Å². The van der Waals surface area contributed by atoms with Crippen LogP contribution in [0.5, 0.6) is 0 Å². The van der Waals surface area contributed by atoms with Crippen LogP contribution in [0.15, 0.2) is 113 Å². The van der Waals surface area contributed by atoms with E-state index in [2.05, 4.69) is 35.9 Å². The highest BCUT2D eigenvalue weighted by molar-refractivity contribution is 7.89. The van der Waals surface area contributed by atoms with Crippen LogP contribution in [-0.2, 0) is 15.4 Å². The molecule has 0 radical (unpaired) electrons. The number of nitrogens with zero attached hydrogens (tertiary/aromatic N) is 2. The number of nitrogens with one attached hydrogen (secondary N) is 1. The third-order valence-corrected chi connectivity index (χ3v) is 8.28. The summed E-state index contributed by atoms with van der Waals surface area (Å²) in [5.41, 5.74) is 2.28. The van der Waals surface area contributed by atoms with Gasteiger partial charge in [0.25, 0.3) is 0 Å². The van der Waals surface area contributed by atoms with Gasteiger partial charge in [0.2, 0.25) is 10.0 Å². The molecule has 1 saturated heterocycles. The summed E-state index contributed by atoms with van der Waals surface area (Å²) in [5.74, 6) is 0.407. The molecule has 2 aromatic carbocycles. The van der Waals surface area contributed by atoms with Crippen LogP contribution in [0.3, 0.4) is 0 Å². The molecule has 198 valence electrons. The summed E-state index contributed by atoms with van der Waals surface area (Å²) in [5, 5.41) is 3.00. The second-order valence-electron chi connectivity index (χ2n) is 8.96. The van der Waals surface area contributed by atoms with E-state index >= 15 is 0 Å². The smallest absolute Gasteiger partial charge is 0.243 e. The van der Waals surface area contributed by atoms with Crippen molar-refractivity contribution < 1.29 is 12.8 Å². The van der Waals surface area contributed by atoms with Crippen molar-refractivity contribution in [3.63, 3.8) is 0 Å². The van der Waals surface area contributed by atoms with Crippen molar-refractivity contribution >= 4 is 16.2 Å². The Labute approximate surface area is 221 Å². The molecule has 0 aliphatic carbocycles. The molecule has 0 spiro atoms. The Morgan fingerprint density at radius 3 is 2.22 bits per heavy atom. The van der Waals surface area contributed by atoms with Gasteiger partial charge in [0.05, 0.1) is 4.90 Å². The van der Waals surface area contributed by atoms with Crippen LogP contribution in [0, 0.1) is 5.82 Å². The molecule has 3 rings (SSSR count). The number of sulfonamides is 1. The molecule has 0 amide bonds. The summed E-state index contributed by atoms with van der Waals surface area (Å²) in [6.07, 6.45) is 12.8. The average Bonchev–Trinajstić information content (AvgIpc) is 2.92. The SMILES string of the molecule is C=C/C(C)=C(/N=C\C=C\C=C/C)NC.CC1(c2ccccc2)CCN(S(=O)(=O)c2ccc(F)cc2)CC1. The Bertz CT molecular complexity index is 1220. The predicted octanol–water partition coefficient (Wildman–Crippen LogP) is 6.39. The van der Waals surface area contributed by atoms with Crippen LogP contribution < -0.4 is 5.32 Å². The number of piperidine rings is 1. The van der Waals surface area contributed by atoms with Gasteiger partial charge in [0, 0.05) is 26.4 Å². The highest BCUT2D eigenvalue weighted by Gasteiger charge is 2.36. The van der Waals surface area contributed by atoms with Crippen LogP contribution >= 0.6 is 0 Å². The van der Waals surface area contributed by atoms with Gasteiger partial charge in [-0.2, -0.15) is 4.31 Å². The van der Waals surface area contributed by atoms with E-state index in [0.29, 0.717) is 13.1 Å². The van der Waals surface area contributed by atoms with Gasteiger partial charge < -0.3 is 5.32 Å². The fourth-order valence-corrected chi connectivity index (χ4v) is 5.35. The van der Waals surface area contributed by atoms with Gasteiger partial charge in [-0.1, -0.05) is 68.1 Å². The second-order valence-corrected chi connectivity index (χ2v) is 10.9. The van der Waals surface area contributed by atoms with Crippen molar-refractivity contribution in [2.24, 2.45) is 4.99 Å². The van der Waals surface area contributed by atoms with Crippen LogP contribution in [0.2, 0.25) is 0 Å². The maximum absolute atomic E-state index is 13.0. The number of benzene rings is 2. The van der Waals surface area contributed by atoms with Gasteiger partial charge in [-0.3, -0.25) is 0 Å². The normalized spacial score (nSPS) is 16.9. The number of rotatable bonds is 8. The molecule has 7 heteroatoms. The maximum atomic E-state index is 13.0. The van der Waals surface area contributed by atoms with Crippen LogP contribution in [0.1, 0.15) is 39.2 Å². The first-order chi connectivity index (χ1) is 17.7. The topological polar surface area (TPSA) is 61.8 Å². The first-order valence-corrected chi connectivity index (χ1v) is 13.8. The van der Waals surface area contributed by atoms with Crippen LogP contribution in [0.25, 0.3) is 0 Å². The van der Waals surface area contributed by atoms with E-state index in [4.69, 9.17) is 0 Å². The predicted molar refractivity (Wildman–Crippen MR) is 153 cm³/mol. The average molecular weight is 524 g/mol. The summed E-state index contributed by atoms with van der Waals surface area (Å²) < 4.78 is 39.8. The van der Waals surface area contributed by atoms with E-state index in [1.807, 2.05) is 63.4 Å². The highest BCUT2D eigenvalue weighted by atomic mass is 32.2. The molecule has 0 unspecified atom stereocenters. The lowest BCUT2D eigenvalue weighted by Gasteiger charge is -2.39. The zero-order chi connectivity index (χ0) is 27.3. The molecule has 1 aliphatic rings. The van der Waals surface area contributed by atoms with Gasteiger partial charge in [-0.05, 0) is 73.6 Å². The quantitative estimate of drug-likeness (QED) is 0.322. The van der Waals surface area contributed by atoms with Gasteiger partial charge >= 0.3 is 0 Å². The lowest BCUT2D eigenvalue weighted by Crippen LogP contribution is -2.43. The third kappa shape index (κ3) is 8.65. The molecular formula is C30H38FN3O2S. The molecule has 1 aliphatic heterocycles. The van der Waals surface area contributed by atoms with Crippen molar-refractivity contribution in [2.75, 3.05) is 20.1 Å². The third-order valence-electron chi connectivity index (χ3n) is 6.37. The molecule has 1 N–H and O–H groups in total. The van der Waals surface area contributed by atoms with Crippen molar-refractivity contribution in [2.45, 2.75) is 43.9 Å². The van der Waals surface area contributed by atoms with Gasteiger partial charge in [-0.25, -0.2) is 17.8 Å². The fraction of sp³-hybridized carbons (Fsp3) is 0.300. The van der Waals surface area contributed by atoms with E-state index < -0.39 is 15.8 Å². The fourth-order valence-electron chi connectivity index (χ4n) is 3.91. The molecule has 0 aromatic heterocycles. The molecule has 5 nitrogen and oxygen atoms in total. The molecular weight excluding hydrogens is 485 g/mol. The summed E-state index contributed by atoms with van der Waals surface area (Å²) in [4.78, 5) is 4.39. The number of halogens is 1. The Balaban J connectivity index is 0.000000298. The van der Waals surface area contributed by atoms with Crippen LogP contribution in [-0.4, -0.2) is 39.1 Å². The first-order valence-electron chi connectivity index (χ1n) is 12.3. The van der Waals surface area contributed by atoms with Crippen LogP contribution in [0.4, 0.5) is 4.39 Å². The number of aliphatic imine (C=N–C) groups is 1. The van der Waals surface area contributed by atoms with Gasteiger partial charge in [0.1, 0.15) is 11.6 Å². The molecule has 2 aromatic rings. The number of hydrogen-bond donors (Lipinski definition) is 1. The monoisotopic (exact) mass is 523 g/mol. The largest absolute Gasteiger partial charge is 0.373 e. The van der Waals surface area contributed by atoms with Crippen molar-refractivity contribution in [3.05, 3.63) is 114 Å². The zero-order valence-electron chi connectivity index (χ0n) is 22.2. The zero-order valence-corrected chi connectivity index (χ0v) is 23.0. The van der Waals surface area contributed by atoms with E-state index in [-0.39, 0.29) is 10.3 Å². The van der Waals surface area contributed by atoms with E-state index in [0.717, 1.165) is 24.2 Å². The van der Waals surface area contributed by atoms with Crippen molar-refractivity contribution in [1.29, 1.82) is 0 Å². The molecule has 1 fully saturated rings. The Kier molecular flexibility index (Phi) is 11.7. The molecule has 0 saturated carbocycles. The second kappa shape index (κ2) is 14.4. The lowest BCUT2D eigenvalue weighted by molar-refractivity contribution is 0.249. The molecule has 0 bridgehead atoms. The summed E-state index contributed by atoms with van der Waals surface area (Å²) in [6.45, 7) is 10.8. The summed E-state index contributed by atoms with van der Waals surface area (Å²) in [7, 11) is -1.70. The van der Waals surface area contributed by atoms with E-state index in [1.54, 1.807) is 12.3 Å². The molecule has 0 atom stereocenters. The minimum Gasteiger partial charge on any atom is -0.373 e. The highest BCUT2D eigenvalue weighted by Crippen LogP contribution is 2.36. The van der Waals surface area contributed by atoms with Gasteiger partial charge in [-0.15, -0.1) is 0 Å².